The first-order chi connectivity index (χ1) is 18.3. The number of rotatable bonds is 6. The largest absolute Gasteiger partial charge is 0.465 e. The number of methoxy groups -OCH3 is 1. The van der Waals surface area contributed by atoms with Gasteiger partial charge in [0.05, 0.1) is 30.5 Å². The summed E-state index contributed by atoms with van der Waals surface area (Å²) in [7, 11) is 5.45. The molecule has 1 saturated heterocycles. The first-order valence-electron chi connectivity index (χ1n) is 12.5. The highest BCUT2D eigenvalue weighted by Crippen LogP contribution is 2.44. The number of anilines is 2. The van der Waals surface area contributed by atoms with Crippen molar-refractivity contribution in [2.45, 2.75) is 25.9 Å². The van der Waals surface area contributed by atoms with Crippen molar-refractivity contribution < 1.29 is 9.53 Å². The summed E-state index contributed by atoms with van der Waals surface area (Å²) in [6.07, 6.45) is 1.82. The van der Waals surface area contributed by atoms with Crippen molar-refractivity contribution in [3.05, 3.63) is 107 Å². The molecule has 1 fully saturated rings. The Morgan fingerprint density at radius 1 is 1.00 bits per heavy atom. The number of aryl methyl sites for hydroxylation is 1. The molecule has 2 aromatic carbocycles. The molecule has 1 aliphatic rings. The first-order valence-corrected chi connectivity index (χ1v) is 12.9. The predicted octanol–water partition coefficient (Wildman–Crippen LogP) is 5.52. The molecule has 0 spiro atoms. The molecular weight excluding hydrogens is 494 g/mol. The number of hydrogen-bond acceptors (Lipinski definition) is 5. The Balaban J connectivity index is 1.61. The summed E-state index contributed by atoms with van der Waals surface area (Å²) in [5, 5.41) is 4.21. The van der Waals surface area contributed by atoms with Crippen molar-refractivity contribution in [2.24, 2.45) is 0 Å². The summed E-state index contributed by atoms with van der Waals surface area (Å²) >= 11 is 5.91. The Kier molecular flexibility index (Phi) is 6.91. The minimum atomic E-state index is -0.349. The van der Waals surface area contributed by atoms with Crippen LogP contribution in [0.5, 0.6) is 0 Å². The topological polar surface area (TPSA) is 62.6 Å². The SMILES string of the molecule is COC(=O)c1ccc(-n2c(C)cc(C3C(c4ccccn4)NC(=S)N3c3ccc(N(C)C)cc3)c2C)cc1. The van der Waals surface area contributed by atoms with Gasteiger partial charge in [-0.15, -0.1) is 0 Å². The van der Waals surface area contributed by atoms with E-state index in [-0.39, 0.29) is 18.1 Å². The number of esters is 1. The predicted molar refractivity (Wildman–Crippen MR) is 155 cm³/mol. The summed E-state index contributed by atoms with van der Waals surface area (Å²) in [6.45, 7) is 4.22. The average Bonchev–Trinajstić information content (AvgIpc) is 3.43. The number of carbonyl (C=O) groups is 1. The van der Waals surface area contributed by atoms with Gasteiger partial charge in [-0.1, -0.05) is 6.07 Å². The van der Waals surface area contributed by atoms with Crippen LogP contribution in [0, 0.1) is 13.8 Å². The van der Waals surface area contributed by atoms with Gasteiger partial charge in [0.15, 0.2) is 5.11 Å². The lowest BCUT2D eigenvalue weighted by molar-refractivity contribution is 0.0600. The van der Waals surface area contributed by atoms with Gasteiger partial charge in [-0.2, -0.15) is 0 Å². The Morgan fingerprint density at radius 3 is 2.29 bits per heavy atom. The number of hydrogen-bond donors (Lipinski definition) is 1. The molecule has 2 aromatic heterocycles. The molecule has 1 N–H and O–H groups in total. The molecule has 38 heavy (non-hydrogen) atoms. The molecule has 0 bridgehead atoms. The zero-order chi connectivity index (χ0) is 27.0. The fourth-order valence-corrected chi connectivity index (χ4v) is 5.56. The van der Waals surface area contributed by atoms with Gasteiger partial charge in [-0.3, -0.25) is 4.98 Å². The molecule has 2 atom stereocenters. The second-order valence-electron chi connectivity index (χ2n) is 9.61. The van der Waals surface area contributed by atoms with Crippen LogP contribution < -0.4 is 15.1 Å². The molecule has 0 saturated carbocycles. The Labute approximate surface area is 228 Å². The lowest BCUT2D eigenvalue weighted by Gasteiger charge is -2.28. The summed E-state index contributed by atoms with van der Waals surface area (Å²) in [4.78, 5) is 20.9. The lowest BCUT2D eigenvalue weighted by Crippen LogP contribution is -2.29. The summed E-state index contributed by atoms with van der Waals surface area (Å²) in [5.41, 5.74) is 7.90. The average molecular weight is 526 g/mol. The monoisotopic (exact) mass is 525 g/mol. The van der Waals surface area contributed by atoms with Crippen LogP contribution in [0.3, 0.4) is 0 Å². The third-order valence-corrected chi connectivity index (χ3v) is 7.39. The Hall–Kier alpha value is -4.17. The van der Waals surface area contributed by atoms with Crippen LogP contribution in [0.2, 0.25) is 0 Å². The van der Waals surface area contributed by atoms with E-state index in [9.17, 15) is 4.79 Å². The second-order valence-corrected chi connectivity index (χ2v) is 9.99. The van der Waals surface area contributed by atoms with E-state index in [0.29, 0.717) is 10.7 Å². The van der Waals surface area contributed by atoms with Crippen LogP contribution in [0.4, 0.5) is 11.4 Å². The van der Waals surface area contributed by atoms with E-state index in [1.54, 1.807) is 12.1 Å². The molecule has 0 aliphatic carbocycles. The van der Waals surface area contributed by atoms with E-state index in [1.807, 2.05) is 50.6 Å². The number of nitrogens with one attached hydrogen (secondary N) is 1. The van der Waals surface area contributed by atoms with E-state index >= 15 is 0 Å². The highest BCUT2D eigenvalue weighted by molar-refractivity contribution is 7.80. The van der Waals surface area contributed by atoms with Crippen molar-refractivity contribution in [1.82, 2.24) is 14.9 Å². The van der Waals surface area contributed by atoms with Crippen LogP contribution in [0.1, 0.15) is 45.1 Å². The Morgan fingerprint density at radius 2 is 1.68 bits per heavy atom. The highest BCUT2D eigenvalue weighted by atomic mass is 32.1. The van der Waals surface area contributed by atoms with Crippen molar-refractivity contribution in [1.29, 1.82) is 0 Å². The smallest absolute Gasteiger partial charge is 0.337 e. The van der Waals surface area contributed by atoms with Crippen LogP contribution >= 0.6 is 12.2 Å². The van der Waals surface area contributed by atoms with Gasteiger partial charge in [0, 0.05) is 48.7 Å². The molecule has 5 rings (SSSR count). The zero-order valence-corrected chi connectivity index (χ0v) is 23.0. The van der Waals surface area contributed by atoms with Gasteiger partial charge in [-0.05, 0) is 98.4 Å². The van der Waals surface area contributed by atoms with E-state index in [4.69, 9.17) is 17.0 Å². The van der Waals surface area contributed by atoms with E-state index in [2.05, 4.69) is 68.8 Å². The van der Waals surface area contributed by atoms with E-state index in [1.165, 1.54) is 7.11 Å². The quantitative estimate of drug-likeness (QED) is 0.263. The Bertz CT molecular complexity index is 1460. The van der Waals surface area contributed by atoms with E-state index in [0.717, 1.165) is 39.7 Å². The molecule has 7 nitrogen and oxygen atoms in total. The van der Waals surface area contributed by atoms with Crippen molar-refractivity contribution in [2.75, 3.05) is 31.0 Å². The standard InChI is InChI=1S/C30H31N5O2S/c1-19-18-25(20(2)34(19)23-11-9-21(10-12-23)29(36)37-5)28-27(26-8-6-7-17-31-26)32-30(38)35(28)24-15-13-22(14-16-24)33(3)4/h6-18,27-28H,1-5H3,(H,32,38). The number of pyridine rings is 1. The molecular formula is C30H31N5O2S. The minimum absolute atomic E-state index is 0.114. The minimum Gasteiger partial charge on any atom is -0.465 e. The fraction of sp³-hybridized carbons (Fsp3) is 0.233. The fourth-order valence-electron chi connectivity index (χ4n) is 5.21. The maximum Gasteiger partial charge on any atom is 0.337 e. The molecule has 3 heterocycles. The van der Waals surface area contributed by atoms with Crippen LogP contribution in [0.25, 0.3) is 5.69 Å². The maximum atomic E-state index is 11.9. The van der Waals surface area contributed by atoms with Crippen molar-refractivity contribution in [3.8, 4) is 5.69 Å². The van der Waals surface area contributed by atoms with Crippen LogP contribution in [0.15, 0.2) is 79.0 Å². The number of thiocarbonyl (C=S) groups is 1. The van der Waals surface area contributed by atoms with Gasteiger partial charge < -0.3 is 24.4 Å². The number of benzene rings is 2. The summed E-state index contributed by atoms with van der Waals surface area (Å²) < 4.78 is 7.07. The molecule has 4 aromatic rings. The number of aromatic nitrogens is 2. The van der Waals surface area contributed by atoms with Gasteiger partial charge in [0.1, 0.15) is 0 Å². The molecule has 8 heteroatoms. The molecule has 0 amide bonds. The normalized spacial score (nSPS) is 16.9. The first kappa shape index (κ1) is 25.5. The van der Waals surface area contributed by atoms with E-state index < -0.39 is 0 Å². The van der Waals surface area contributed by atoms with Crippen molar-refractivity contribution >= 4 is 34.7 Å². The highest BCUT2D eigenvalue weighted by Gasteiger charge is 2.42. The van der Waals surface area contributed by atoms with Gasteiger partial charge >= 0.3 is 5.97 Å². The number of ether oxygens (including phenoxy) is 1. The van der Waals surface area contributed by atoms with Crippen molar-refractivity contribution in [3.63, 3.8) is 0 Å². The van der Waals surface area contributed by atoms with Gasteiger partial charge in [-0.25, -0.2) is 4.79 Å². The van der Waals surface area contributed by atoms with Crippen LogP contribution in [-0.4, -0.2) is 41.8 Å². The summed E-state index contributed by atoms with van der Waals surface area (Å²) in [6, 6.07) is 23.9. The number of nitrogens with zero attached hydrogens (tertiary/aromatic N) is 4. The third-order valence-electron chi connectivity index (χ3n) is 7.08. The zero-order valence-electron chi connectivity index (χ0n) is 22.2. The second kappa shape index (κ2) is 10.3. The molecule has 1 aliphatic heterocycles. The van der Waals surface area contributed by atoms with Gasteiger partial charge in [0.25, 0.3) is 0 Å². The third kappa shape index (κ3) is 4.52. The van der Waals surface area contributed by atoms with Gasteiger partial charge in [0.2, 0.25) is 0 Å². The maximum absolute atomic E-state index is 11.9. The molecule has 194 valence electrons. The lowest BCUT2D eigenvalue weighted by atomic mass is 9.96. The molecule has 0 radical (unpaired) electrons. The molecule has 2 unspecified atom stereocenters. The van der Waals surface area contributed by atoms with Crippen LogP contribution in [-0.2, 0) is 4.74 Å². The summed E-state index contributed by atoms with van der Waals surface area (Å²) in [5.74, 6) is -0.349. The number of carbonyl (C=O) groups excluding carboxylic acids is 1.